The van der Waals surface area contributed by atoms with Crippen LogP contribution in [0.5, 0.6) is 0 Å². The van der Waals surface area contributed by atoms with Crippen LogP contribution in [0.1, 0.15) is 25.0 Å². The second kappa shape index (κ2) is 15.4. The molecule has 0 unspecified atom stereocenters. The number of hydrogen-bond donors (Lipinski definition) is 0. The highest BCUT2D eigenvalue weighted by atomic mass is 16.5. The van der Waals surface area contributed by atoms with Crippen LogP contribution in [0.15, 0.2) is 72.8 Å². The first-order valence-electron chi connectivity index (χ1n) is 8.28. The van der Waals surface area contributed by atoms with Crippen molar-refractivity contribution in [3.8, 4) is 0 Å². The lowest BCUT2D eigenvalue weighted by Crippen LogP contribution is -1.92. The summed E-state index contributed by atoms with van der Waals surface area (Å²) in [4.78, 5) is 21.4. The Morgan fingerprint density at radius 2 is 0.962 bits per heavy atom. The van der Waals surface area contributed by atoms with Crippen molar-refractivity contribution in [1.82, 2.24) is 0 Å². The Morgan fingerprint density at radius 3 is 1.23 bits per heavy atom. The van der Waals surface area contributed by atoms with Crippen LogP contribution in [0.3, 0.4) is 0 Å². The normalized spacial score (nSPS) is 9.54. The van der Waals surface area contributed by atoms with Crippen LogP contribution < -0.4 is 0 Å². The van der Waals surface area contributed by atoms with E-state index in [0.717, 1.165) is 11.1 Å². The van der Waals surface area contributed by atoms with Crippen molar-refractivity contribution in [3.63, 3.8) is 0 Å². The predicted molar refractivity (Wildman–Crippen MR) is 106 cm³/mol. The number of carbonyl (C=O) groups is 2. The maximum Gasteiger partial charge on any atom is 0.330 e. The van der Waals surface area contributed by atoms with E-state index in [1.54, 1.807) is 12.2 Å². The summed E-state index contributed by atoms with van der Waals surface area (Å²) < 4.78 is 8.89. The second-order valence-corrected chi connectivity index (χ2v) is 4.53. The molecule has 0 fully saturated rings. The predicted octanol–water partition coefficient (Wildman–Crippen LogP) is 4.77. The molecule has 0 heterocycles. The SMILES string of the molecule is CC.COC(=O)/C=C/c1ccccc1.COC(=O)/C=C/c1ccccc1. The lowest BCUT2D eigenvalue weighted by atomic mass is 10.2. The lowest BCUT2D eigenvalue weighted by molar-refractivity contribution is -0.135. The zero-order chi connectivity index (χ0) is 19.6. The molecule has 0 spiro atoms. The maximum absolute atomic E-state index is 10.7. The molecule has 2 aromatic carbocycles. The molecular formula is C22H26O4. The van der Waals surface area contributed by atoms with E-state index in [0.29, 0.717) is 0 Å². The standard InChI is InChI=1S/2C10H10O2.C2H6/c2*1-12-10(11)8-7-9-5-3-2-4-6-9;1-2/h2*2-8H,1H3;1-2H3/b2*8-7+;. The van der Waals surface area contributed by atoms with Gasteiger partial charge in [0.15, 0.2) is 0 Å². The lowest BCUT2D eigenvalue weighted by Gasteiger charge is -1.91. The first kappa shape index (κ1) is 22.9. The van der Waals surface area contributed by atoms with Crippen molar-refractivity contribution in [2.45, 2.75) is 13.8 Å². The van der Waals surface area contributed by atoms with E-state index in [1.165, 1.54) is 26.4 Å². The summed E-state index contributed by atoms with van der Waals surface area (Å²) in [5, 5.41) is 0. The molecule has 138 valence electrons. The fourth-order valence-electron chi connectivity index (χ4n) is 1.59. The molecule has 2 aromatic rings. The quantitative estimate of drug-likeness (QED) is 0.586. The van der Waals surface area contributed by atoms with Gasteiger partial charge >= 0.3 is 11.9 Å². The molecule has 0 N–H and O–H groups in total. The largest absolute Gasteiger partial charge is 0.466 e. The molecule has 0 aliphatic rings. The first-order chi connectivity index (χ1) is 12.7. The third-order valence-corrected chi connectivity index (χ3v) is 2.83. The van der Waals surface area contributed by atoms with Crippen LogP contribution in [0.4, 0.5) is 0 Å². The first-order valence-corrected chi connectivity index (χ1v) is 8.28. The minimum Gasteiger partial charge on any atom is -0.466 e. The van der Waals surface area contributed by atoms with Crippen molar-refractivity contribution in [2.75, 3.05) is 14.2 Å². The van der Waals surface area contributed by atoms with Gasteiger partial charge in [-0.25, -0.2) is 9.59 Å². The highest BCUT2D eigenvalue weighted by molar-refractivity contribution is 5.87. The van der Waals surface area contributed by atoms with Gasteiger partial charge in [-0.2, -0.15) is 0 Å². The van der Waals surface area contributed by atoms with E-state index in [1.807, 2.05) is 74.5 Å². The Morgan fingerprint density at radius 1 is 0.654 bits per heavy atom. The van der Waals surface area contributed by atoms with Gasteiger partial charge in [0, 0.05) is 12.2 Å². The van der Waals surface area contributed by atoms with E-state index in [2.05, 4.69) is 9.47 Å². The molecule has 0 radical (unpaired) electrons. The summed E-state index contributed by atoms with van der Waals surface area (Å²) in [6.45, 7) is 4.00. The molecule has 4 nitrogen and oxygen atoms in total. The third kappa shape index (κ3) is 11.4. The Kier molecular flexibility index (Phi) is 13.5. The average molecular weight is 354 g/mol. The number of benzene rings is 2. The molecule has 2 rings (SSSR count). The van der Waals surface area contributed by atoms with Crippen molar-refractivity contribution in [1.29, 1.82) is 0 Å². The summed E-state index contributed by atoms with van der Waals surface area (Å²) in [5.74, 6) is -0.669. The zero-order valence-electron chi connectivity index (χ0n) is 15.7. The molecule has 0 aliphatic carbocycles. The van der Waals surface area contributed by atoms with Gasteiger partial charge in [0.1, 0.15) is 0 Å². The molecule has 0 atom stereocenters. The summed E-state index contributed by atoms with van der Waals surface area (Å²) in [5.41, 5.74) is 1.98. The van der Waals surface area contributed by atoms with E-state index in [4.69, 9.17) is 0 Å². The average Bonchev–Trinajstić information content (AvgIpc) is 2.73. The fraction of sp³-hybridized carbons (Fsp3) is 0.182. The zero-order valence-corrected chi connectivity index (χ0v) is 15.7. The summed E-state index contributed by atoms with van der Waals surface area (Å²) in [6, 6.07) is 19.2. The van der Waals surface area contributed by atoms with Crippen LogP contribution in [0.25, 0.3) is 12.2 Å². The van der Waals surface area contributed by atoms with E-state index in [9.17, 15) is 9.59 Å². The highest BCUT2D eigenvalue weighted by Crippen LogP contribution is 2.01. The second-order valence-electron chi connectivity index (χ2n) is 4.53. The minimum atomic E-state index is -0.334. The topological polar surface area (TPSA) is 52.6 Å². The molecule has 0 bridgehead atoms. The van der Waals surface area contributed by atoms with Crippen molar-refractivity contribution >= 4 is 24.1 Å². The summed E-state index contributed by atoms with van der Waals surface area (Å²) in [6.07, 6.45) is 6.22. The van der Waals surface area contributed by atoms with Gasteiger partial charge in [-0.3, -0.25) is 0 Å². The van der Waals surface area contributed by atoms with Crippen LogP contribution in [-0.2, 0) is 19.1 Å². The molecule has 0 saturated heterocycles. The minimum absolute atomic E-state index is 0.334. The van der Waals surface area contributed by atoms with Gasteiger partial charge in [-0.15, -0.1) is 0 Å². The molecule has 0 saturated carbocycles. The molecule has 0 amide bonds. The van der Waals surface area contributed by atoms with Gasteiger partial charge in [0.25, 0.3) is 0 Å². The fourth-order valence-corrected chi connectivity index (χ4v) is 1.59. The maximum atomic E-state index is 10.7. The van der Waals surface area contributed by atoms with E-state index < -0.39 is 0 Å². The number of methoxy groups -OCH3 is 2. The third-order valence-electron chi connectivity index (χ3n) is 2.83. The van der Waals surface area contributed by atoms with Crippen LogP contribution in [0.2, 0.25) is 0 Å². The molecule has 0 aromatic heterocycles. The van der Waals surface area contributed by atoms with Crippen molar-refractivity contribution < 1.29 is 19.1 Å². The van der Waals surface area contributed by atoms with Crippen LogP contribution >= 0.6 is 0 Å². The Labute approximate surface area is 155 Å². The molecule has 0 aliphatic heterocycles. The number of esters is 2. The molecule has 26 heavy (non-hydrogen) atoms. The van der Waals surface area contributed by atoms with Gasteiger partial charge in [-0.1, -0.05) is 74.5 Å². The van der Waals surface area contributed by atoms with E-state index in [-0.39, 0.29) is 11.9 Å². The number of hydrogen-bond acceptors (Lipinski definition) is 4. The smallest absolute Gasteiger partial charge is 0.330 e. The van der Waals surface area contributed by atoms with Crippen LogP contribution in [0, 0.1) is 0 Å². The Bertz CT molecular complexity index is 612. The van der Waals surface area contributed by atoms with E-state index >= 15 is 0 Å². The van der Waals surface area contributed by atoms with Crippen LogP contribution in [-0.4, -0.2) is 26.2 Å². The van der Waals surface area contributed by atoms with Gasteiger partial charge in [0.05, 0.1) is 14.2 Å². The molecule has 4 heteroatoms. The number of rotatable bonds is 4. The summed E-state index contributed by atoms with van der Waals surface area (Å²) in [7, 11) is 2.72. The van der Waals surface area contributed by atoms with Crippen molar-refractivity contribution in [2.24, 2.45) is 0 Å². The van der Waals surface area contributed by atoms with Gasteiger partial charge < -0.3 is 9.47 Å². The highest BCUT2D eigenvalue weighted by Gasteiger charge is 1.90. The van der Waals surface area contributed by atoms with Crippen molar-refractivity contribution in [3.05, 3.63) is 83.9 Å². The van der Waals surface area contributed by atoms with Gasteiger partial charge in [-0.05, 0) is 23.3 Å². The summed E-state index contributed by atoms with van der Waals surface area (Å²) >= 11 is 0. The Hall–Kier alpha value is -3.14. The number of carbonyl (C=O) groups excluding carboxylic acids is 2. The monoisotopic (exact) mass is 354 g/mol. The van der Waals surface area contributed by atoms with Gasteiger partial charge in [0.2, 0.25) is 0 Å². The Balaban J connectivity index is 0.000000439. The number of ether oxygens (including phenoxy) is 2. The molecular weight excluding hydrogens is 328 g/mol.